The molecule has 0 radical (unpaired) electrons. The topological polar surface area (TPSA) is 56.5 Å². The summed E-state index contributed by atoms with van der Waals surface area (Å²) in [6.45, 7) is 0. The molecule has 112 valence electrons. The summed E-state index contributed by atoms with van der Waals surface area (Å²) in [7, 11) is 2.77. The Morgan fingerprint density at radius 1 is 0.905 bits per heavy atom. The van der Waals surface area contributed by atoms with Gasteiger partial charge < -0.3 is 9.47 Å². The summed E-state index contributed by atoms with van der Waals surface area (Å²) in [4.78, 5) is 0. The minimum Gasteiger partial charge on any atom is -0.494 e. The van der Waals surface area contributed by atoms with Crippen molar-refractivity contribution in [3.8, 4) is 11.5 Å². The average Bonchev–Trinajstić information content (AvgIpc) is 2.49. The zero-order valence-electron chi connectivity index (χ0n) is 11.7. The molecule has 3 N–H and O–H groups in total. The summed E-state index contributed by atoms with van der Waals surface area (Å²) in [6.07, 6.45) is 0. The third kappa shape index (κ3) is 3.12. The molecule has 0 aliphatic rings. The fourth-order valence-corrected chi connectivity index (χ4v) is 2.10. The smallest absolute Gasteiger partial charge is 0.165 e. The molecule has 2 aromatic carbocycles. The lowest BCUT2D eigenvalue weighted by molar-refractivity contribution is 0.384. The van der Waals surface area contributed by atoms with Crippen molar-refractivity contribution < 1.29 is 18.3 Å². The Balaban J connectivity index is 2.41. The van der Waals surface area contributed by atoms with Crippen molar-refractivity contribution in [1.82, 2.24) is 5.43 Å². The number of halogens is 2. The molecule has 21 heavy (non-hydrogen) atoms. The van der Waals surface area contributed by atoms with E-state index >= 15 is 0 Å². The van der Waals surface area contributed by atoms with E-state index in [1.807, 2.05) is 0 Å². The van der Waals surface area contributed by atoms with Gasteiger partial charge in [-0.05, 0) is 35.4 Å². The van der Waals surface area contributed by atoms with Crippen molar-refractivity contribution in [2.24, 2.45) is 5.84 Å². The molecule has 2 rings (SSSR count). The Morgan fingerprint density at radius 3 is 2.10 bits per heavy atom. The van der Waals surface area contributed by atoms with Crippen LogP contribution in [0.2, 0.25) is 0 Å². The minimum atomic E-state index is -0.500. The molecule has 0 spiro atoms. The van der Waals surface area contributed by atoms with Gasteiger partial charge in [-0.15, -0.1) is 0 Å². The van der Waals surface area contributed by atoms with Crippen LogP contribution in [-0.2, 0) is 0 Å². The van der Waals surface area contributed by atoms with E-state index in [1.54, 1.807) is 12.1 Å². The summed E-state index contributed by atoms with van der Waals surface area (Å²) >= 11 is 0. The fraction of sp³-hybridized carbons (Fsp3) is 0.200. The molecule has 0 saturated carbocycles. The number of benzene rings is 2. The van der Waals surface area contributed by atoms with Gasteiger partial charge in [-0.2, -0.15) is 0 Å². The Kier molecular flexibility index (Phi) is 4.72. The van der Waals surface area contributed by atoms with E-state index in [2.05, 4.69) is 5.43 Å². The van der Waals surface area contributed by atoms with Gasteiger partial charge in [0.25, 0.3) is 0 Å². The first-order valence-electron chi connectivity index (χ1n) is 6.23. The molecular formula is C15H16F2N2O2. The highest BCUT2D eigenvalue weighted by Crippen LogP contribution is 2.29. The zero-order valence-corrected chi connectivity index (χ0v) is 11.7. The molecular weight excluding hydrogens is 278 g/mol. The number of ether oxygens (including phenoxy) is 2. The summed E-state index contributed by atoms with van der Waals surface area (Å²) < 4.78 is 37.1. The van der Waals surface area contributed by atoms with Gasteiger partial charge in [0.1, 0.15) is 0 Å². The maximum Gasteiger partial charge on any atom is 0.165 e. The van der Waals surface area contributed by atoms with Gasteiger partial charge in [0.2, 0.25) is 0 Å². The van der Waals surface area contributed by atoms with Gasteiger partial charge >= 0.3 is 0 Å². The van der Waals surface area contributed by atoms with Crippen LogP contribution in [0, 0.1) is 11.6 Å². The molecule has 2 aromatic rings. The van der Waals surface area contributed by atoms with Gasteiger partial charge in [-0.1, -0.05) is 12.1 Å². The zero-order chi connectivity index (χ0) is 15.4. The quantitative estimate of drug-likeness (QED) is 0.657. The second kappa shape index (κ2) is 6.51. The van der Waals surface area contributed by atoms with Crippen LogP contribution >= 0.6 is 0 Å². The molecule has 6 heteroatoms. The first-order chi connectivity index (χ1) is 10.1. The Hall–Kier alpha value is -2.18. The van der Waals surface area contributed by atoms with E-state index in [-0.39, 0.29) is 11.5 Å². The molecule has 0 aliphatic heterocycles. The van der Waals surface area contributed by atoms with Crippen LogP contribution in [-0.4, -0.2) is 14.2 Å². The molecule has 0 fully saturated rings. The van der Waals surface area contributed by atoms with E-state index in [0.717, 1.165) is 0 Å². The van der Waals surface area contributed by atoms with Crippen molar-refractivity contribution in [3.63, 3.8) is 0 Å². The molecule has 0 aliphatic carbocycles. The summed E-state index contributed by atoms with van der Waals surface area (Å²) in [5.41, 5.74) is 3.83. The van der Waals surface area contributed by atoms with Crippen LogP contribution < -0.4 is 20.7 Å². The maximum absolute atomic E-state index is 13.8. The summed E-state index contributed by atoms with van der Waals surface area (Å²) in [6, 6.07) is 8.36. The average molecular weight is 294 g/mol. The summed E-state index contributed by atoms with van der Waals surface area (Å²) in [5, 5.41) is 0. The SMILES string of the molecule is COc1ccc(C(NN)c2ccc(F)c(OC)c2)cc1F. The Morgan fingerprint density at radius 2 is 1.52 bits per heavy atom. The molecule has 1 unspecified atom stereocenters. The van der Waals surface area contributed by atoms with Crippen LogP contribution in [0.5, 0.6) is 11.5 Å². The van der Waals surface area contributed by atoms with Gasteiger partial charge in [0.05, 0.1) is 20.3 Å². The molecule has 0 heterocycles. The van der Waals surface area contributed by atoms with Crippen LogP contribution in [0.4, 0.5) is 8.78 Å². The third-order valence-electron chi connectivity index (χ3n) is 3.18. The fourth-order valence-electron chi connectivity index (χ4n) is 2.10. The van der Waals surface area contributed by atoms with E-state index in [4.69, 9.17) is 15.3 Å². The highest BCUT2D eigenvalue weighted by molar-refractivity contribution is 5.39. The largest absolute Gasteiger partial charge is 0.494 e. The molecule has 0 saturated heterocycles. The summed E-state index contributed by atoms with van der Waals surface area (Å²) in [5.74, 6) is 4.82. The molecule has 1 atom stereocenters. The first-order valence-corrected chi connectivity index (χ1v) is 6.23. The van der Waals surface area contributed by atoms with E-state index in [1.165, 1.54) is 38.5 Å². The van der Waals surface area contributed by atoms with E-state index in [9.17, 15) is 8.78 Å². The van der Waals surface area contributed by atoms with Gasteiger partial charge in [0.15, 0.2) is 23.1 Å². The minimum absolute atomic E-state index is 0.0988. The normalized spacial score (nSPS) is 12.0. The number of rotatable bonds is 5. The van der Waals surface area contributed by atoms with Gasteiger partial charge in [-0.3, -0.25) is 5.84 Å². The second-order valence-corrected chi connectivity index (χ2v) is 4.39. The predicted molar refractivity (Wildman–Crippen MR) is 75.1 cm³/mol. The van der Waals surface area contributed by atoms with Crippen molar-refractivity contribution in [3.05, 3.63) is 59.2 Å². The van der Waals surface area contributed by atoms with Crippen molar-refractivity contribution in [2.75, 3.05) is 14.2 Å². The molecule has 0 amide bonds. The monoisotopic (exact) mass is 294 g/mol. The van der Waals surface area contributed by atoms with Crippen LogP contribution in [0.15, 0.2) is 36.4 Å². The van der Waals surface area contributed by atoms with E-state index in [0.29, 0.717) is 11.1 Å². The van der Waals surface area contributed by atoms with Crippen molar-refractivity contribution >= 4 is 0 Å². The lowest BCUT2D eigenvalue weighted by Gasteiger charge is -2.18. The van der Waals surface area contributed by atoms with Crippen LogP contribution in [0.1, 0.15) is 17.2 Å². The van der Waals surface area contributed by atoms with Crippen LogP contribution in [0.25, 0.3) is 0 Å². The predicted octanol–water partition coefficient (Wildman–Crippen LogP) is 2.53. The molecule has 4 nitrogen and oxygen atoms in total. The lowest BCUT2D eigenvalue weighted by atomic mass is 9.98. The highest BCUT2D eigenvalue weighted by atomic mass is 19.1. The van der Waals surface area contributed by atoms with E-state index < -0.39 is 17.7 Å². The third-order valence-corrected chi connectivity index (χ3v) is 3.18. The number of hydrogen-bond acceptors (Lipinski definition) is 4. The lowest BCUT2D eigenvalue weighted by Crippen LogP contribution is -2.29. The number of hydrogen-bond donors (Lipinski definition) is 2. The van der Waals surface area contributed by atoms with Crippen molar-refractivity contribution in [1.29, 1.82) is 0 Å². The number of hydrazine groups is 1. The maximum atomic E-state index is 13.8. The molecule has 0 aromatic heterocycles. The number of nitrogens with one attached hydrogen (secondary N) is 1. The number of methoxy groups -OCH3 is 2. The van der Waals surface area contributed by atoms with Gasteiger partial charge in [0, 0.05) is 0 Å². The first kappa shape index (κ1) is 15.2. The second-order valence-electron chi connectivity index (χ2n) is 4.39. The van der Waals surface area contributed by atoms with Gasteiger partial charge in [-0.25, -0.2) is 14.2 Å². The standard InChI is InChI=1S/C15H16F2N2O2/c1-20-13-6-4-9(7-12(13)17)15(19-18)10-3-5-11(16)14(8-10)21-2/h3-8,15,19H,18H2,1-2H3. The Labute approximate surface area is 121 Å². The highest BCUT2D eigenvalue weighted by Gasteiger charge is 2.16. The van der Waals surface area contributed by atoms with Crippen LogP contribution in [0.3, 0.4) is 0 Å². The molecule has 0 bridgehead atoms. The number of nitrogens with two attached hydrogens (primary N) is 1. The Bertz CT molecular complexity index is 635. The van der Waals surface area contributed by atoms with Crippen molar-refractivity contribution in [2.45, 2.75) is 6.04 Å².